The van der Waals surface area contributed by atoms with E-state index >= 15 is 0 Å². The maximum absolute atomic E-state index is 12.8. The van der Waals surface area contributed by atoms with Crippen LogP contribution in [0.5, 0.6) is 0 Å². The zero-order valence-corrected chi connectivity index (χ0v) is 13.1. The van der Waals surface area contributed by atoms with E-state index in [1.165, 1.54) is 15.9 Å². The Morgan fingerprint density at radius 1 is 1.43 bits per heavy atom. The first-order valence-corrected chi connectivity index (χ1v) is 7.72. The first-order valence-electron chi connectivity index (χ1n) is 6.05. The third-order valence-electron chi connectivity index (χ3n) is 2.92. The summed E-state index contributed by atoms with van der Waals surface area (Å²) in [4.78, 5) is 4.64. The van der Waals surface area contributed by atoms with E-state index in [1.54, 1.807) is 11.4 Å². The Balaban J connectivity index is 2.18. The van der Waals surface area contributed by atoms with Crippen LogP contribution in [0.2, 0.25) is 0 Å². The normalized spacial score (nSPS) is 12.4. The quantitative estimate of drug-likeness (QED) is 0.665. The standard InChI is InChI=1S/C12H9BrF3N3OS/c1-2-9-17-10(18-20-9)8-3-6-7(13)4-21-11(6)19(8)5-12(14,15)16/h3-4H,2,5H2,1H3. The fraction of sp³-hybridized carbons (Fsp3) is 0.333. The van der Waals surface area contributed by atoms with Crippen molar-refractivity contribution in [3.63, 3.8) is 0 Å². The van der Waals surface area contributed by atoms with E-state index in [1.807, 2.05) is 6.92 Å². The van der Waals surface area contributed by atoms with Crippen molar-refractivity contribution in [1.82, 2.24) is 14.7 Å². The summed E-state index contributed by atoms with van der Waals surface area (Å²) in [5.74, 6) is 0.568. The zero-order valence-electron chi connectivity index (χ0n) is 10.7. The Kier molecular flexibility index (Phi) is 3.56. The lowest BCUT2D eigenvalue weighted by Crippen LogP contribution is -2.18. The predicted octanol–water partition coefficient (Wildman–Crippen LogP) is 4.64. The van der Waals surface area contributed by atoms with Crippen LogP contribution in [0.4, 0.5) is 13.2 Å². The smallest absolute Gasteiger partial charge is 0.339 e. The number of aromatic nitrogens is 3. The van der Waals surface area contributed by atoms with Crippen LogP contribution in [0.25, 0.3) is 21.7 Å². The lowest BCUT2D eigenvalue weighted by atomic mass is 10.3. The number of fused-ring (bicyclic) bond motifs is 1. The van der Waals surface area contributed by atoms with Crippen LogP contribution in [-0.4, -0.2) is 20.9 Å². The average Bonchev–Trinajstić information content (AvgIpc) is 3.06. The SMILES string of the molecule is CCc1nc(-c2cc3c(Br)csc3n2CC(F)(F)F)no1. The topological polar surface area (TPSA) is 43.9 Å². The summed E-state index contributed by atoms with van der Waals surface area (Å²) in [5.41, 5.74) is 0.304. The maximum Gasteiger partial charge on any atom is 0.406 e. The molecule has 0 radical (unpaired) electrons. The fourth-order valence-electron chi connectivity index (χ4n) is 2.02. The van der Waals surface area contributed by atoms with Gasteiger partial charge in [-0.05, 0) is 22.0 Å². The van der Waals surface area contributed by atoms with E-state index in [0.717, 1.165) is 4.47 Å². The first-order chi connectivity index (χ1) is 9.89. The van der Waals surface area contributed by atoms with Gasteiger partial charge in [-0.15, -0.1) is 11.3 Å². The summed E-state index contributed by atoms with van der Waals surface area (Å²) in [7, 11) is 0. The second-order valence-electron chi connectivity index (χ2n) is 4.40. The van der Waals surface area contributed by atoms with Crippen LogP contribution >= 0.6 is 27.3 Å². The number of hydrogen-bond acceptors (Lipinski definition) is 4. The molecule has 0 spiro atoms. The average molecular weight is 380 g/mol. The molecule has 0 aliphatic carbocycles. The fourth-order valence-corrected chi connectivity index (χ4v) is 3.67. The molecule has 3 aromatic rings. The third kappa shape index (κ3) is 2.71. The van der Waals surface area contributed by atoms with Gasteiger partial charge in [0.2, 0.25) is 11.7 Å². The summed E-state index contributed by atoms with van der Waals surface area (Å²) in [6, 6.07) is 1.64. The van der Waals surface area contributed by atoms with Crippen molar-refractivity contribution >= 4 is 37.5 Å². The van der Waals surface area contributed by atoms with E-state index in [2.05, 4.69) is 26.1 Å². The van der Waals surface area contributed by atoms with Crippen LogP contribution in [0, 0.1) is 0 Å². The summed E-state index contributed by atoms with van der Waals surface area (Å²) in [5, 5.41) is 6.24. The van der Waals surface area contributed by atoms with Gasteiger partial charge in [-0.25, -0.2) is 0 Å². The summed E-state index contributed by atoms with van der Waals surface area (Å²) in [6.45, 7) is 0.746. The Morgan fingerprint density at radius 2 is 2.19 bits per heavy atom. The maximum atomic E-state index is 12.8. The van der Waals surface area contributed by atoms with Gasteiger partial charge in [0.1, 0.15) is 11.4 Å². The van der Waals surface area contributed by atoms with E-state index in [0.29, 0.717) is 28.2 Å². The zero-order chi connectivity index (χ0) is 15.2. The molecule has 3 heterocycles. The predicted molar refractivity (Wildman–Crippen MR) is 76.2 cm³/mol. The Morgan fingerprint density at radius 3 is 2.81 bits per heavy atom. The van der Waals surface area contributed by atoms with E-state index in [4.69, 9.17) is 4.52 Å². The van der Waals surface area contributed by atoms with Crippen molar-refractivity contribution in [2.75, 3.05) is 0 Å². The number of halogens is 4. The van der Waals surface area contributed by atoms with Crippen LogP contribution < -0.4 is 0 Å². The highest BCUT2D eigenvalue weighted by Gasteiger charge is 2.31. The van der Waals surface area contributed by atoms with Crippen LogP contribution in [0.1, 0.15) is 12.8 Å². The Bertz CT molecular complexity index is 789. The van der Waals surface area contributed by atoms with Crippen LogP contribution in [0.15, 0.2) is 20.4 Å². The number of alkyl halides is 3. The molecule has 0 atom stereocenters. The van der Waals surface area contributed by atoms with Crippen molar-refractivity contribution in [3.05, 3.63) is 21.8 Å². The largest absolute Gasteiger partial charge is 0.406 e. The molecule has 21 heavy (non-hydrogen) atoms. The van der Waals surface area contributed by atoms with Gasteiger partial charge in [0.05, 0.1) is 5.69 Å². The minimum absolute atomic E-state index is 0.173. The van der Waals surface area contributed by atoms with Crippen molar-refractivity contribution in [2.24, 2.45) is 0 Å². The highest BCUT2D eigenvalue weighted by Crippen LogP contribution is 2.37. The van der Waals surface area contributed by atoms with Gasteiger partial charge >= 0.3 is 6.18 Å². The second-order valence-corrected chi connectivity index (χ2v) is 6.11. The van der Waals surface area contributed by atoms with Crippen LogP contribution in [0.3, 0.4) is 0 Å². The van der Waals surface area contributed by atoms with E-state index < -0.39 is 12.7 Å². The lowest BCUT2D eigenvalue weighted by molar-refractivity contribution is -0.139. The molecule has 3 rings (SSSR count). The van der Waals surface area contributed by atoms with E-state index in [-0.39, 0.29) is 5.82 Å². The number of hydrogen-bond donors (Lipinski definition) is 0. The molecular formula is C12H9BrF3N3OS. The molecule has 112 valence electrons. The minimum atomic E-state index is -4.32. The Labute approximate surface area is 129 Å². The molecule has 0 saturated carbocycles. The van der Waals surface area contributed by atoms with Crippen molar-refractivity contribution in [2.45, 2.75) is 26.1 Å². The van der Waals surface area contributed by atoms with Gasteiger partial charge < -0.3 is 9.09 Å². The molecular weight excluding hydrogens is 371 g/mol. The van der Waals surface area contributed by atoms with Gasteiger partial charge in [0.25, 0.3) is 0 Å². The third-order valence-corrected chi connectivity index (χ3v) is 4.89. The molecule has 9 heteroatoms. The highest BCUT2D eigenvalue weighted by atomic mass is 79.9. The monoisotopic (exact) mass is 379 g/mol. The molecule has 4 nitrogen and oxygen atoms in total. The van der Waals surface area contributed by atoms with Gasteiger partial charge in [0.15, 0.2) is 0 Å². The summed E-state index contributed by atoms with van der Waals surface area (Å²) in [6.07, 6.45) is -3.79. The number of rotatable bonds is 3. The number of nitrogens with zero attached hydrogens (tertiary/aromatic N) is 3. The molecule has 0 bridgehead atoms. The van der Waals surface area contributed by atoms with Gasteiger partial charge in [0, 0.05) is 21.7 Å². The number of thiophene rings is 1. The minimum Gasteiger partial charge on any atom is -0.339 e. The second kappa shape index (κ2) is 5.13. The van der Waals surface area contributed by atoms with Crippen LogP contribution in [-0.2, 0) is 13.0 Å². The van der Waals surface area contributed by atoms with Gasteiger partial charge in [-0.2, -0.15) is 18.2 Å². The van der Waals surface area contributed by atoms with Crippen molar-refractivity contribution < 1.29 is 17.7 Å². The lowest BCUT2D eigenvalue weighted by Gasteiger charge is -2.10. The molecule has 0 fully saturated rings. The molecule has 0 amide bonds. The molecule has 3 aromatic heterocycles. The summed E-state index contributed by atoms with van der Waals surface area (Å²) >= 11 is 4.58. The highest BCUT2D eigenvalue weighted by molar-refractivity contribution is 9.10. The molecule has 0 unspecified atom stereocenters. The molecule has 0 aliphatic heterocycles. The Hall–Kier alpha value is -1.35. The van der Waals surface area contributed by atoms with Gasteiger partial charge in [-0.1, -0.05) is 12.1 Å². The molecule has 0 N–H and O–H groups in total. The first kappa shape index (κ1) is 14.6. The molecule has 0 aromatic carbocycles. The number of aryl methyl sites for hydroxylation is 1. The van der Waals surface area contributed by atoms with E-state index in [9.17, 15) is 13.2 Å². The van der Waals surface area contributed by atoms with Crippen molar-refractivity contribution in [3.8, 4) is 11.5 Å². The van der Waals surface area contributed by atoms with Gasteiger partial charge in [-0.3, -0.25) is 0 Å². The summed E-state index contributed by atoms with van der Waals surface area (Å²) < 4.78 is 45.4. The van der Waals surface area contributed by atoms with Crippen molar-refractivity contribution in [1.29, 1.82) is 0 Å². The molecule has 0 saturated heterocycles. The molecule has 0 aliphatic rings.